The van der Waals surface area contributed by atoms with Gasteiger partial charge in [0.2, 0.25) is 10.0 Å². The first-order valence-corrected chi connectivity index (χ1v) is 9.29. The fourth-order valence-corrected chi connectivity index (χ4v) is 3.97. The lowest BCUT2D eigenvalue weighted by Gasteiger charge is -2.21. The molecule has 2 aromatic carbocycles. The molecule has 0 bridgehead atoms. The van der Waals surface area contributed by atoms with E-state index in [1.54, 1.807) is 6.92 Å². The molecule has 0 unspecified atom stereocenters. The van der Waals surface area contributed by atoms with Crippen LogP contribution in [0, 0.1) is 5.82 Å². The summed E-state index contributed by atoms with van der Waals surface area (Å²) in [5, 5.41) is -0.206. The first-order valence-electron chi connectivity index (χ1n) is 7.47. The fraction of sp³-hybridized carbons (Fsp3) is 0.294. The molecule has 0 N–H and O–H groups in total. The summed E-state index contributed by atoms with van der Waals surface area (Å²) in [6, 6.07) is 11.1. The van der Waals surface area contributed by atoms with Crippen LogP contribution in [0.1, 0.15) is 12.5 Å². The van der Waals surface area contributed by atoms with E-state index in [4.69, 9.17) is 11.6 Å². The van der Waals surface area contributed by atoms with E-state index >= 15 is 0 Å². The highest BCUT2D eigenvalue weighted by Gasteiger charge is 2.24. The number of nitrogens with zero attached hydrogens (tertiary/aromatic N) is 2. The lowest BCUT2D eigenvalue weighted by molar-refractivity contribution is 0.423. The highest BCUT2D eigenvalue weighted by molar-refractivity contribution is 7.89. The molecule has 0 spiro atoms. The minimum absolute atomic E-state index is 0.0133. The number of rotatable bonds is 6. The highest BCUT2D eigenvalue weighted by atomic mass is 35.5. The Labute approximate surface area is 147 Å². The van der Waals surface area contributed by atoms with Crippen molar-refractivity contribution < 1.29 is 12.8 Å². The summed E-state index contributed by atoms with van der Waals surface area (Å²) < 4.78 is 40.1. The summed E-state index contributed by atoms with van der Waals surface area (Å²) >= 11 is 5.71. The second kappa shape index (κ2) is 7.51. The Morgan fingerprint density at radius 1 is 1.08 bits per heavy atom. The monoisotopic (exact) mass is 370 g/mol. The van der Waals surface area contributed by atoms with E-state index in [1.807, 2.05) is 43.3 Å². The Hall–Kier alpha value is -1.63. The van der Waals surface area contributed by atoms with Crippen LogP contribution in [0.15, 0.2) is 47.4 Å². The van der Waals surface area contributed by atoms with Crippen LogP contribution in [0.5, 0.6) is 0 Å². The first-order chi connectivity index (χ1) is 11.3. The van der Waals surface area contributed by atoms with Crippen molar-refractivity contribution in [1.29, 1.82) is 0 Å². The Balaban J connectivity index is 2.27. The van der Waals surface area contributed by atoms with E-state index in [9.17, 15) is 12.8 Å². The molecule has 130 valence electrons. The van der Waals surface area contributed by atoms with Crippen molar-refractivity contribution in [3.05, 3.63) is 58.9 Å². The predicted molar refractivity (Wildman–Crippen MR) is 95.4 cm³/mol. The van der Waals surface area contributed by atoms with Gasteiger partial charge >= 0.3 is 0 Å². The zero-order valence-corrected chi connectivity index (χ0v) is 15.4. The number of benzene rings is 2. The number of hydrogen-bond acceptors (Lipinski definition) is 3. The summed E-state index contributed by atoms with van der Waals surface area (Å²) in [4.78, 5) is 1.96. The molecular weight excluding hydrogens is 351 g/mol. The van der Waals surface area contributed by atoms with E-state index in [0.717, 1.165) is 23.4 Å². The second-order valence-electron chi connectivity index (χ2n) is 5.57. The van der Waals surface area contributed by atoms with Gasteiger partial charge in [0.25, 0.3) is 0 Å². The van der Waals surface area contributed by atoms with Crippen molar-refractivity contribution in [2.24, 2.45) is 0 Å². The third-order valence-electron chi connectivity index (χ3n) is 3.69. The Morgan fingerprint density at radius 3 is 2.21 bits per heavy atom. The molecular formula is C17H20ClFN2O2S. The number of halogens is 2. The van der Waals surface area contributed by atoms with E-state index in [-0.39, 0.29) is 16.5 Å². The predicted octanol–water partition coefficient (Wildman–Crippen LogP) is 3.76. The minimum atomic E-state index is -3.74. The maximum atomic E-state index is 13.3. The molecule has 2 rings (SSSR count). The topological polar surface area (TPSA) is 40.6 Å². The number of anilines is 1. The molecule has 0 aliphatic rings. The third kappa shape index (κ3) is 4.06. The van der Waals surface area contributed by atoms with E-state index in [2.05, 4.69) is 0 Å². The summed E-state index contributed by atoms with van der Waals surface area (Å²) in [7, 11) is 0.138. The Kier molecular flexibility index (Phi) is 5.85. The van der Waals surface area contributed by atoms with E-state index < -0.39 is 15.8 Å². The lowest BCUT2D eigenvalue weighted by Crippen LogP contribution is -2.30. The van der Waals surface area contributed by atoms with Gasteiger partial charge < -0.3 is 4.90 Å². The van der Waals surface area contributed by atoms with Gasteiger partial charge in [-0.1, -0.05) is 30.7 Å². The molecule has 0 aliphatic carbocycles. The summed E-state index contributed by atoms with van der Waals surface area (Å²) in [6.45, 7) is 2.30. The number of sulfonamides is 1. The molecule has 4 nitrogen and oxygen atoms in total. The first kappa shape index (κ1) is 18.7. The van der Waals surface area contributed by atoms with Crippen LogP contribution in [-0.4, -0.2) is 33.4 Å². The lowest BCUT2D eigenvalue weighted by atomic mass is 10.2. The van der Waals surface area contributed by atoms with Crippen LogP contribution >= 0.6 is 11.6 Å². The molecule has 24 heavy (non-hydrogen) atoms. The average molecular weight is 371 g/mol. The van der Waals surface area contributed by atoms with Gasteiger partial charge in [-0.2, -0.15) is 4.31 Å². The quantitative estimate of drug-likeness (QED) is 0.777. The molecule has 0 radical (unpaired) electrons. The molecule has 0 fully saturated rings. The molecule has 0 saturated carbocycles. The normalized spacial score (nSPS) is 11.8. The standard InChI is InChI=1S/C17H20ClFN2O2S/c1-4-21(12-13-5-7-14(8-6-13)20(2)3)24(22,23)15-9-10-17(19)16(18)11-15/h5-11H,4,12H2,1-3H3. The minimum Gasteiger partial charge on any atom is -0.378 e. The van der Waals surface area contributed by atoms with E-state index in [0.29, 0.717) is 6.54 Å². The zero-order valence-electron chi connectivity index (χ0n) is 13.8. The SMILES string of the molecule is CCN(Cc1ccc(N(C)C)cc1)S(=O)(=O)c1ccc(F)c(Cl)c1. The molecule has 7 heteroatoms. The van der Waals surface area contributed by atoms with Gasteiger partial charge in [0.05, 0.1) is 9.92 Å². The fourth-order valence-electron chi connectivity index (χ4n) is 2.26. The summed E-state index contributed by atoms with van der Waals surface area (Å²) in [5.41, 5.74) is 1.91. The maximum Gasteiger partial charge on any atom is 0.243 e. The highest BCUT2D eigenvalue weighted by Crippen LogP contribution is 2.24. The van der Waals surface area contributed by atoms with Crippen molar-refractivity contribution in [2.45, 2.75) is 18.4 Å². The smallest absolute Gasteiger partial charge is 0.243 e. The summed E-state index contributed by atoms with van der Waals surface area (Å²) in [6.07, 6.45) is 0. The summed E-state index contributed by atoms with van der Waals surface area (Å²) in [5.74, 6) is -0.641. The van der Waals surface area contributed by atoms with Gasteiger partial charge in [-0.3, -0.25) is 0 Å². The Bertz CT molecular complexity index is 808. The van der Waals surface area contributed by atoms with Crippen LogP contribution < -0.4 is 4.90 Å². The molecule has 0 amide bonds. The van der Waals surface area contributed by atoms with Crippen LogP contribution in [-0.2, 0) is 16.6 Å². The van der Waals surface area contributed by atoms with Crippen LogP contribution in [0.3, 0.4) is 0 Å². The zero-order chi connectivity index (χ0) is 17.9. The Morgan fingerprint density at radius 2 is 1.71 bits per heavy atom. The largest absolute Gasteiger partial charge is 0.378 e. The van der Waals surface area contributed by atoms with Gasteiger partial charge in [0.1, 0.15) is 5.82 Å². The van der Waals surface area contributed by atoms with Crippen molar-refractivity contribution >= 4 is 27.3 Å². The molecule has 0 heterocycles. The molecule has 2 aromatic rings. The van der Waals surface area contributed by atoms with Gasteiger partial charge in [-0.15, -0.1) is 0 Å². The van der Waals surface area contributed by atoms with Crippen molar-refractivity contribution in [1.82, 2.24) is 4.31 Å². The second-order valence-corrected chi connectivity index (χ2v) is 7.91. The van der Waals surface area contributed by atoms with Crippen LogP contribution in [0.25, 0.3) is 0 Å². The van der Waals surface area contributed by atoms with Crippen molar-refractivity contribution in [3.63, 3.8) is 0 Å². The molecule has 0 atom stereocenters. The van der Waals surface area contributed by atoms with Crippen molar-refractivity contribution in [2.75, 3.05) is 25.5 Å². The molecule has 0 saturated heterocycles. The van der Waals surface area contributed by atoms with Gasteiger partial charge in [-0.25, -0.2) is 12.8 Å². The maximum absolute atomic E-state index is 13.3. The van der Waals surface area contributed by atoms with E-state index in [1.165, 1.54) is 10.4 Å². The van der Waals surface area contributed by atoms with Gasteiger partial charge in [-0.05, 0) is 35.9 Å². The molecule has 0 aromatic heterocycles. The van der Waals surface area contributed by atoms with Crippen molar-refractivity contribution in [3.8, 4) is 0 Å². The van der Waals surface area contributed by atoms with Crippen LogP contribution in [0.2, 0.25) is 5.02 Å². The molecule has 0 aliphatic heterocycles. The third-order valence-corrected chi connectivity index (χ3v) is 5.90. The van der Waals surface area contributed by atoms with Gasteiger partial charge in [0, 0.05) is 32.9 Å². The number of hydrogen-bond donors (Lipinski definition) is 0. The average Bonchev–Trinajstić information content (AvgIpc) is 2.55. The van der Waals surface area contributed by atoms with Crippen LogP contribution in [0.4, 0.5) is 10.1 Å². The van der Waals surface area contributed by atoms with Gasteiger partial charge in [0.15, 0.2) is 0 Å².